The summed E-state index contributed by atoms with van der Waals surface area (Å²) in [7, 11) is 0. The molecule has 3 unspecified atom stereocenters. The third kappa shape index (κ3) is 4.18. The summed E-state index contributed by atoms with van der Waals surface area (Å²) in [5, 5.41) is 3.72. The molecule has 3 atom stereocenters. The van der Waals surface area contributed by atoms with Crippen LogP contribution in [0.3, 0.4) is 0 Å². The van der Waals surface area contributed by atoms with Crippen LogP contribution in [0.2, 0.25) is 0 Å². The summed E-state index contributed by atoms with van der Waals surface area (Å²) in [6, 6.07) is 0.311. The standard InChI is InChI=1S/C13H26N2OS/c1-4-9-13(2,14)12(16)15-10-7-5-6-8-11(10)17-3/h10-11H,4-9,14H2,1-3H3,(H,15,16). The monoisotopic (exact) mass is 258 g/mol. The molecule has 1 saturated carbocycles. The van der Waals surface area contributed by atoms with E-state index in [2.05, 4.69) is 18.5 Å². The topological polar surface area (TPSA) is 55.1 Å². The smallest absolute Gasteiger partial charge is 0.240 e. The van der Waals surface area contributed by atoms with Crippen LogP contribution in [0.4, 0.5) is 0 Å². The Balaban J connectivity index is 2.54. The van der Waals surface area contributed by atoms with Gasteiger partial charge in [0.25, 0.3) is 0 Å². The Kier molecular flexibility index (Phi) is 5.80. The summed E-state index contributed by atoms with van der Waals surface area (Å²) >= 11 is 1.86. The quantitative estimate of drug-likeness (QED) is 0.795. The molecule has 1 rings (SSSR count). The minimum absolute atomic E-state index is 0.0188. The summed E-state index contributed by atoms with van der Waals surface area (Å²) in [6.07, 6.45) is 8.62. The number of rotatable bonds is 5. The summed E-state index contributed by atoms with van der Waals surface area (Å²) < 4.78 is 0. The fourth-order valence-electron chi connectivity index (χ4n) is 2.51. The van der Waals surface area contributed by atoms with Crippen molar-refractivity contribution in [2.24, 2.45) is 5.73 Å². The average Bonchev–Trinajstić information content (AvgIpc) is 2.29. The fourth-order valence-corrected chi connectivity index (χ4v) is 3.45. The molecule has 0 aromatic rings. The predicted octanol–water partition coefficient (Wildman–Crippen LogP) is 2.29. The van der Waals surface area contributed by atoms with E-state index in [4.69, 9.17) is 5.73 Å². The van der Waals surface area contributed by atoms with Gasteiger partial charge in [0, 0.05) is 11.3 Å². The number of nitrogens with two attached hydrogens (primary N) is 1. The van der Waals surface area contributed by atoms with E-state index in [0.717, 1.165) is 19.3 Å². The molecule has 100 valence electrons. The first kappa shape index (κ1) is 14.8. The third-order valence-corrected chi connectivity index (χ3v) is 4.78. The number of amides is 1. The number of carbonyl (C=O) groups excluding carboxylic acids is 1. The van der Waals surface area contributed by atoms with Crippen molar-refractivity contribution < 1.29 is 4.79 Å². The third-order valence-electron chi connectivity index (χ3n) is 3.61. The van der Waals surface area contributed by atoms with E-state index in [9.17, 15) is 4.79 Å². The Bertz CT molecular complexity index is 256. The van der Waals surface area contributed by atoms with Gasteiger partial charge >= 0.3 is 0 Å². The van der Waals surface area contributed by atoms with E-state index in [1.54, 1.807) is 0 Å². The zero-order valence-electron chi connectivity index (χ0n) is 11.3. The zero-order valence-corrected chi connectivity index (χ0v) is 12.1. The van der Waals surface area contributed by atoms with Gasteiger partial charge in [-0.2, -0.15) is 11.8 Å². The minimum atomic E-state index is -0.713. The van der Waals surface area contributed by atoms with Crippen molar-refractivity contribution in [2.45, 2.75) is 69.2 Å². The first-order valence-corrected chi connectivity index (χ1v) is 7.92. The maximum atomic E-state index is 12.1. The maximum Gasteiger partial charge on any atom is 0.240 e. The van der Waals surface area contributed by atoms with E-state index >= 15 is 0 Å². The Hall–Kier alpha value is -0.220. The highest BCUT2D eigenvalue weighted by molar-refractivity contribution is 7.99. The van der Waals surface area contributed by atoms with Gasteiger partial charge < -0.3 is 11.1 Å². The summed E-state index contributed by atoms with van der Waals surface area (Å²) in [5.41, 5.74) is 5.34. The largest absolute Gasteiger partial charge is 0.351 e. The lowest BCUT2D eigenvalue weighted by molar-refractivity contribution is -0.126. The lowest BCUT2D eigenvalue weighted by Gasteiger charge is -2.34. The molecule has 0 aromatic carbocycles. The van der Waals surface area contributed by atoms with Gasteiger partial charge in [0.15, 0.2) is 0 Å². The van der Waals surface area contributed by atoms with Gasteiger partial charge in [0.05, 0.1) is 5.54 Å². The second-order valence-electron chi connectivity index (χ2n) is 5.31. The fraction of sp³-hybridized carbons (Fsp3) is 0.923. The molecule has 1 fully saturated rings. The number of thioether (sulfide) groups is 1. The van der Waals surface area contributed by atoms with Gasteiger partial charge in [0.2, 0.25) is 5.91 Å². The van der Waals surface area contributed by atoms with Gasteiger partial charge in [-0.1, -0.05) is 26.2 Å². The Morgan fingerprint density at radius 1 is 1.47 bits per heavy atom. The second kappa shape index (κ2) is 6.64. The molecule has 17 heavy (non-hydrogen) atoms. The SMILES string of the molecule is CCCC(C)(N)C(=O)NC1CCCCC1SC. The number of hydrogen-bond acceptors (Lipinski definition) is 3. The molecule has 0 aromatic heterocycles. The Morgan fingerprint density at radius 3 is 2.71 bits per heavy atom. The van der Waals surface area contributed by atoms with Crippen LogP contribution in [0.5, 0.6) is 0 Å². The van der Waals surface area contributed by atoms with Crippen LogP contribution in [0.15, 0.2) is 0 Å². The van der Waals surface area contributed by atoms with Gasteiger partial charge in [0.1, 0.15) is 0 Å². The molecule has 1 amide bonds. The van der Waals surface area contributed by atoms with Crippen LogP contribution in [0.1, 0.15) is 52.4 Å². The molecule has 3 nitrogen and oxygen atoms in total. The van der Waals surface area contributed by atoms with Gasteiger partial charge in [-0.3, -0.25) is 4.79 Å². The van der Waals surface area contributed by atoms with Crippen LogP contribution in [0.25, 0.3) is 0 Å². The van der Waals surface area contributed by atoms with E-state index in [-0.39, 0.29) is 5.91 Å². The van der Waals surface area contributed by atoms with Crippen molar-refractivity contribution in [1.29, 1.82) is 0 Å². The number of hydrogen-bond donors (Lipinski definition) is 2. The second-order valence-corrected chi connectivity index (χ2v) is 6.38. The van der Waals surface area contributed by atoms with Crippen molar-refractivity contribution in [2.75, 3.05) is 6.26 Å². The molecule has 0 aliphatic heterocycles. The van der Waals surface area contributed by atoms with E-state index in [1.165, 1.54) is 19.3 Å². The molecular formula is C13H26N2OS. The van der Waals surface area contributed by atoms with Crippen molar-refractivity contribution in [3.63, 3.8) is 0 Å². The Morgan fingerprint density at radius 2 is 2.12 bits per heavy atom. The molecule has 1 aliphatic rings. The van der Waals surface area contributed by atoms with Crippen LogP contribution >= 0.6 is 11.8 Å². The molecule has 0 bridgehead atoms. The lowest BCUT2D eigenvalue weighted by atomic mass is 9.92. The van der Waals surface area contributed by atoms with Gasteiger partial charge in [-0.25, -0.2) is 0 Å². The first-order chi connectivity index (χ1) is 8.01. The van der Waals surface area contributed by atoms with E-state index in [1.807, 2.05) is 18.7 Å². The molecule has 0 saturated heterocycles. The van der Waals surface area contributed by atoms with Crippen LogP contribution in [0, 0.1) is 0 Å². The first-order valence-electron chi connectivity index (χ1n) is 6.64. The van der Waals surface area contributed by atoms with Gasteiger partial charge in [-0.15, -0.1) is 0 Å². The molecule has 0 heterocycles. The molecular weight excluding hydrogens is 232 g/mol. The van der Waals surface area contributed by atoms with Crippen molar-refractivity contribution >= 4 is 17.7 Å². The maximum absolute atomic E-state index is 12.1. The normalized spacial score (nSPS) is 28.5. The number of carbonyl (C=O) groups is 1. The van der Waals surface area contributed by atoms with Crippen LogP contribution in [-0.2, 0) is 4.79 Å². The molecule has 0 radical (unpaired) electrons. The van der Waals surface area contributed by atoms with Crippen molar-refractivity contribution in [3.8, 4) is 0 Å². The highest BCUT2D eigenvalue weighted by Gasteiger charge is 2.32. The zero-order chi connectivity index (χ0) is 12.9. The van der Waals surface area contributed by atoms with Crippen molar-refractivity contribution in [1.82, 2.24) is 5.32 Å². The van der Waals surface area contributed by atoms with Crippen LogP contribution < -0.4 is 11.1 Å². The summed E-state index contributed by atoms with van der Waals surface area (Å²) in [4.78, 5) is 12.1. The average molecular weight is 258 g/mol. The number of nitrogens with one attached hydrogen (secondary N) is 1. The Labute approximate surface area is 109 Å². The van der Waals surface area contributed by atoms with Crippen molar-refractivity contribution in [3.05, 3.63) is 0 Å². The minimum Gasteiger partial charge on any atom is -0.351 e. The molecule has 3 N–H and O–H groups in total. The highest BCUT2D eigenvalue weighted by atomic mass is 32.2. The summed E-state index contributed by atoms with van der Waals surface area (Å²) in [5.74, 6) is 0.0188. The van der Waals surface area contributed by atoms with E-state index in [0.29, 0.717) is 11.3 Å². The molecule has 0 spiro atoms. The van der Waals surface area contributed by atoms with Gasteiger partial charge in [-0.05, 0) is 32.4 Å². The molecule has 4 heteroatoms. The van der Waals surface area contributed by atoms with Crippen LogP contribution in [-0.4, -0.2) is 29.0 Å². The van der Waals surface area contributed by atoms with E-state index < -0.39 is 5.54 Å². The molecule has 1 aliphatic carbocycles. The lowest BCUT2D eigenvalue weighted by Crippen LogP contribution is -2.56. The summed E-state index contributed by atoms with van der Waals surface area (Å²) in [6.45, 7) is 3.90. The predicted molar refractivity (Wildman–Crippen MR) is 75.2 cm³/mol. The highest BCUT2D eigenvalue weighted by Crippen LogP contribution is 2.27.